The SMILES string of the molecule is Cl.Fc1ccccc1OCCN1CCNCC12CCCCC2. The molecule has 0 amide bonds. The highest BCUT2D eigenvalue weighted by atomic mass is 35.5. The minimum atomic E-state index is -0.273. The molecule has 3 nitrogen and oxygen atoms in total. The van der Waals surface area contributed by atoms with Crippen LogP contribution in [0.25, 0.3) is 0 Å². The van der Waals surface area contributed by atoms with Gasteiger partial charge in [0.2, 0.25) is 0 Å². The molecule has 1 aromatic rings. The Bertz CT molecular complexity index is 457. The van der Waals surface area contributed by atoms with Crippen molar-refractivity contribution in [3.63, 3.8) is 0 Å². The Hall–Kier alpha value is -0.840. The zero-order valence-electron chi connectivity index (χ0n) is 13.0. The van der Waals surface area contributed by atoms with Crippen molar-refractivity contribution in [2.45, 2.75) is 37.6 Å². The van der Waals surface area contributed by atoms with Crippen LogP contribution in [0, 0.1) is 5.82 Å². The highest BCUT2D eigenvalue weighted by Crippen LogP contribution is 2.34. The highest BCUT2D eigenvalue weighted by molar-refractivity contribution is 5.85. The van der Waals surface area contributed by atoms with Gasteiger partial charge in [0.25, 0.3) is 0 Å². The second kappa shape index (κ2) is 8.14. The van der Waals surface area contributed by atoms with E-state index in [1.807, 2.05) is 6.07 Å². The first-order valence-corrected chi connectivity index (χ1v) is 8.13. The third-order valence-corrected chi connectivity index (χ3v) is 4.92. The summed E-state index contributed by atoms with van der Waals surface area (Å²) in [6.07, 6.45) is 6.57. The largest absolute Gasteiger partial charge is 0.489 e. The molecule has 1 aliphatic heterocycles. The third-order valence-electron chi connectivity index (χ3n) is 4.92. The molecule has 0 atom stereocenters. The lowest BCUT2D eigenvalue weighted by atomic mass is 9.79. The van der Waals surface area contributed by atoms with Crippen molar-refractivity contribution in [3.05, 3.63) is 30.1 Å². The molecule has 1 heterocycles. The van der Waals surface area contributed by atoms with Crippen LogP contribution in [0.5, 0.6) is 5.75 Å². The number of halogens is 2. The predicted molar refractivity (Wildman–Crippen MR) is 89.4 cm³/mol. The molecular weight excluding hydrogens is 303 g/mol. The molecule has 3 rings (SSSR count). The van der Waals surface area contributed by atoms with E-state index in [-0.39, 0.29) is 18.2 Å². The fourth-order valence-corrected chi connectivity index (χ4v) is 3.76. The van der Waals surface area contributed by atoms with E-state index in [9.17, 15) is 4.39 Å². The Balaban J connectivity index is 0.00000176. The second-order valence-electron chi connectivity index (χ2n) is 6.23. The number of benzene rings is 1. The summed E-state index contributed by atoms with van der Waals surface area (Å²) in [6.45, 7) is 4.65. The van der Waals surface area contributed by atoms with E-state index in [4.69, 9.17) is 4.74 Å². The maximum Gasteiger partial charge on any atom is 0.165 e. The van der Waals surface area contributed by atoms with Gasteiger partial charge in [0.15, 0.2) is 11.6 Å². The average Bonchev–Trinajstić information content (AvgIpc) is 2.52. The summed E-state index contributed by atoms with van der Waals surface area (Å²) in [5.41, 5.74) is 0.315. The lowest BCUT2D eigenvalue weighted by Gasteiger charge is -2.49. The molecule has 124 valence electrons. The van der Waals surface area contributed by atoms with E-state index >= 15 is 0 Å². The molecule has 1 saturated carbocycles. The van der Waals surface area contributed by atoms with Crippen molar-refractivity contribution < 1.29 is 9.13 Å². The maximum absolute atomic E-state index is 13.6. The Kier molecular flexibility index (Phi) is 6.48. The van der Waals surface area contributed by atoms with Crippen molar-refractivity contribution in [1.82, 2.24) is 10.2 Å². The molecule has 5 heteroatoms. The van der Waals surface area contributed by atoms with Crippen molar-refractivity contribution in [2.24, 2.45) is 0 Å². The molecular formula is C17H26ClFN2O. The molecule has 1 saturated heterocycles. The van der Waals surface area contributed by atoms with Gasteiger partial charge in [-0.25, -0.2) is 4.39 Å². The first kappa shape index (κ1) is 17.5. The summed E-state index contributed by atoms with van der Waals surface area (Å²) in [6, 6.07) is 6.65. The van der Waals surface area contributed by atoms with Gasteiger partial charge in [0.05, 0.1) is 0 Å². The van der Waals surface area contributed by atoms with Crippen LogP contribution in [0.2, 0.25) is 0 Å². The van der Waals surface area contributed by atoms with Crippen LogP contribution < -0.4 is 10.1 Å². The van der Waals surface area contributed by atoms with Crippen LogP contribution in [0.3, 0.4) is 0 Å². The van der Waals surface area contributed by atoms with Gasteiger partial charge in [0.1, 0.15) is 6.61 Å². The number of rotatable bonds is 4. The van der Waals surface area contributed by atoms with Gasteiger partial charge in [0, 0.05) is 31.7 Å². The molecule has 1 aliphatic carbocycles. The zero-order chi connectivity index (χ0) is 14.5. The van der Waals surface area contributed by atoms with Crippen molar-refractivity contribution in [2.75, 3.05) is 32.8 Å². The summed E-state index contributed by atoms with van der Waals surface area (Å²) in [7, 11) is 0. The van der Waals surface area contributed by atoms with E-state index in [0.717, 1.165) is 26.2 Å². The highest BCUT2D eigenvalue weighted by Gasteiger charge is 2.39. The molecule has 22 heavy (non-hydrogen) atoms. The summed E-state index contributed by atoms with van der Waals surface area (Å²) < 4.78 is 19.2. The Morgan fingerprint density at radius 3 is 2.73 bits per heavy atom. The molecule has 1 N–H and O–H groups in total. The summed E-state index contributed by atoms with van der Waals surface area (Å²) in [5.74, 6) is 0.0931. The summed E-state index contributed by atoms with van der Waals surface area (Å²) in [4.78, 5) is 2.57. The van der Waals surface area contributed by atoms with Crippen LogP contribution >= 0.6 is 12.4 Å². The van der Waals surface area contributed by atoms with E-state index < -0.39 is 0 Å². The predicted octanol–water partition coefficient (Wildman–Crippen LogP) is 3.23. The third kappa shape index (κ3) is 3.92. The fraction of sp³-hybridized carbons (Fsp3) is 0.647. The van der Waals surface area contributed by atoms with Gasteiger partial charge in [-0.2, -0.15) is 0 Å². The maximum atomic E-state index is 13.6. The number of nitrogens with zero attached hydrogens (tertiary/aromatic N) is 1. The van der Waals surface area contributed by atoms with Crippen LogP contribution in [0.15, 0.2) is 24.3 Å². The standard InChI is InChI=1S/C17H25FN2O.ClH/c18-15-6-2-3-7-16(15)21-13-12-20-11-10-19-14-17(20)8-4-1-5-9-17;/h2-3,6-7,19H,1,4-5,8-14H2;1H. The summed E-state index contributed by atoms with van der Waals surface area (Å²) >= 11 is 0. The van der Waals surface area contributed by atoms with E-state index in [2.05, 4.69) is 10.2 Å². The number of piperazine rings is 1. The fourth-order valence-electron chi connectivity index (χ4n) is 3.76. The van der Waals surface area contributed by atoms with E-state index in [1.165, 1.54) is 38.2 Å². The van der Waals surface area contributed by atoms with E-state index in [1.54, 1.807) is 12.1 Å². The van der Waals surface area contributed by atoms with E-state index in [0.29, 0.717) is 17.9 Å². The van der Waals surface area contributed by atoms with Gasteiger partial charge in [-0.3, -0.25) is 4.90 Å². The van der Waals surface area contributed by atoms with Crippen LogP contribution in [-0.2, 0) is 0 Å². The minimum absolute atomic E-state index is 0. The Labute approximate surface area is 138 Å². The molecule has 2 fully saturated rings. The number of para-hydroxylation sites is 1. The number of nitrogens with one attached hydrogen (secondary N) is 1. The quantitative estimate of drug-likeness (QED) is 0.918. The van der Waals surface area contributed by atoms with Crippen LogP contribution in [0.4, 0.5) is 4.39 Å². The first-order chi connectivity index (χ1) is 10.3. The lowest BCUT2D eigenvalue weighted by Crippen LogP contribution is -2.62. The van der Waals surface area contributed by atoms with Crippen molar-refractivity contribution >= 4 is 12.4 Å². The molecule has 1 spiro atoms. The van der Waals surface area contributed by atoms with Gasteiger partial charge in [-0.1, -0.05) is 31.4 Å². The zero-order valence-corrected chi connectivity index (χ0v) is 13.8. The van der Waals surface area contributed by atoms with Crippen LogP contribution in [-0.4, -0.2) is 43.2 Å². The average molecular weight is 329 g/mol. The van der Waals surface area contributed by atoms with Gasteiger partial charge >= 0.3 is 0 Å². The lowest BCUT2D eigenvalue weighted by molar-refractivity contribution is 0.0180. The van der Waals surface area contributed by atoms with Crippen molar-refractivity contribution in [3.8, 4) is 5.75 Å². The Morgan fingerprint density at radius 1 is 1.18 bits per heavy atom. The summed E-state index contributed by atoms with van der Waals surface area (Å²) in [5, 5.41) is 3.55. The molecule has 1 aromatic carbocycles. The second-order valence-corrected chi connectivity index (χ2v) is 6.23. The monoisotopic (exact) mass is 328 g/mol. The van der Waals surface area contributed by atoms with Gasteiger partial charge in [-0.05, 0) is 25.0 Å². The Morgan fingerprint density at radius 2 is 1.95 bits per heavy atom. The molecule has 0 aromatic heterocycles. The topological polar surface area (TPSA) is 24.5 Å². The number of hydrogen-bond acceptors (Lipinski definition) is 3. The molecule has 0 radical (unpaired) electrons. The molecule has 0 bridgehead atoms. The number of hydrogen-bond donors (Lipinski definition) is 1. The van der Waals surface area contributed by atoms with Crippen molar-refractivity contribution in [1.29, 1.82) is 0 Å². The van der Waals surface area contributed by atoms with Gasteiger partial charge in [-0.15, -0.1) is 12.4 Å². The smallest absolute Gasteiger partial charge is 0.165 e. The molecule has 0 unspecified atom stereocenters. The normalized spacial score (nSPS) is 21.3. The van der Waals surface area contributed by atoms with Crippen LogP contribution in [0.1, 0.15) is 32.1 Å². The molecule has 2 aliphatic rings. The van der Waals surface area contributed by atoms with Gasteiger partial charge < -0.3 is 10.1 Å². The minimum Gasteiger partial charge on any atom is -0.489 e. The number of ether oxygens (including phenoxy) is 1. The first-order valence-electron chi connectivity index (χ1n) is 8.13.